The van der Waals surface area contributed by atoms with Crippen molar-refractivity contribution in [2.45, 2.75) is 36.9 Å². The first kappa shape index (κ1) is 18.5. The molecule has 0 aliphatic rings. The molecule has 0 N–H and O–H groups in total. The Kier molecular flexibility index (Phi) is 6.26. The summed E-state index contributed by atoms with van der Waals surface area (Å²) < 4.78 is 29.5. The molecule has 0 fully saturated rings. The van der Waals surface area contributed by atoms with Gasteiger partial charge in [0.1, 0.15) is 0 Å². The third kappa shape index (κ3) is 4.80. The summed E-state index contributed by atoms with van der Waals surface area (Å²) in [6.07, 6.45) is 0. The molecule has 0 atom stereocenters. The fourth-order valence-electron chi connectivity index (χ4n) is 2.58. The molecule has 0 spiro atoms. The number of anilines is 1. The van der Waals surface area contributed by atoms with E-state index in [1.807, 2.05) is 49.4 Å². The molecule has 0 unspecified atom stereocenters. The van der Waals surface area contributed by atoms with Crippen LogP contribution in [0.25, 0.3) is 0 Å². The van der Waals surface area contributed by atoms with Gasteiger partial charge in [-0.2, -0.15) is 0 Å². The minimum absolute atomic E-state index is 0.0786. The van der Waals surface area contributed by atoms with Gasteiger partial charge in [0.25, 0.3) is 0 Å². The number of hydrogen-bond acceptors (Lipinski definition) is 2. The molecule has 3 nitrogen and oxygen atoms in total. The summed E-state index contributed by atoms with van der Waals surface area (Å²) in [5.41, 5.74) is 4.01. The molecule has 0 aliphatic carbocycles. The van der Waals surface area contributed by atoms with Gasteiger partial charge in [-0.3, -0.25) is 0 Å². The van der Waals surface area contributed by atoms with Crippen LogP contribution < -0.4 is 2.07 Å². The van der Waals surface area contributed by atoms with Gasteiger partial charge in [0, 0.05) is 0 Å². The molecule has 2 aromatic rings. The quantitative estimate of drug-likeness (QED) is 0.529. The van der Waals surface area contributed by atoms with Gasteiger partial charge < -0.3 is 0 Å². The predicted octanol–water partition coefficient (Wildman–Crippen LogP) is 4.50. The summed E-state index contributed by atoms with van der Waals surface area (Å²) in [7, 11) is -3.30. The van der Waals surface area contributed by atoms with Crippen molar-refractivity contribution in [2.24, 2.45) is 0 Å². The predicted molar refractivity (Wildman–Crippen MR) is 92.7 cm³/mol. The van der Waals surface area contributed by atoms with Crippen LogP contribution in [0.4, 0.5) is 5.69 Å². The van der Waals surface area contributed by atoms with Crippen LogP contribution in [0.3, 0.4) is 0 Å². The van der Waals surface area contributed by atoms with Crippen LogP contribution >= 0.6 is 0 Å². The Hall–Kier alpha value is -0.875. The van der Waals surface area contributed by atoms with Crippen molar-refractivity contribution >= 4 is 15.7 Å². The summed E-state index contributed by atoms with van der Waals surface area (Å²) in [5, 5.41) is 0. The minimum atomic E-state index is -3.30. The van der Waals surface area contributed by atoms with Crippen LogP contribution in [0.5, 0.6) is 0 Å². The third-order valence-corrected chi connectivity index (χ3v) is 16.0. The van der Waals surface area contributed by atoms with Gasteiger partial charge in [-0.05, 0) is 0 Å². The van der Waals surface area contributed by atoms with Gasteiger partial charge in [-0.25, -0.2) is 0 Å². The molecule has 0 amide bonds. The van der Waals surface area contributed by atoms with E-state index in [0.29, 0.717) is 5.92 Å². The summed E-state index contributed by atoms with van der Waals surface area (Å²) in [4.78, 5) is 0. The Labute approximate surface area is 152 Å². The SMILES string of the molecule is [CH3][Hg][N](c1ccc(C)cc1)S(=O)(=O)Cc1cccc(C(C)C)c1. The molecule has 2 aromatic carbocycles. The van der Waals surface area contributed by atoms with E-state index in [9.17, 15) is 8.42 Å². The molecule has 5 heteroatoms. The number of nitrogens with zero attached hydrogens (tertiary/aromatic N) is 1. The van der Waals surface area contributed by atoms with Crippen LogP contribution in [0.2, 0.25) is 4.43 Å². The monoisotopic (exact) mass is 519 g/mol. The van der Waals surface area contributed by atoms with Crippen molar-refractivity contribution in [1.82, 2.24) is 0 Å². The molecule has 0 radical (unpaired) electrons. The standard InChI is InChI=1S/C17H20NO2S.CH3.Hg/c1-13(2)16-6-4-5-15(11-16)12-21(19,20)18-17-9-7-14(3)8-10-17;;/h4-11,13H,12H2,1-3H3;1H3;/q-1;;+1. The summed E-state index contributed by atoms with van der Waals surface area (Å²) >= 11 is -1.67. The van der Waals surface area contributed by atoms with Crippen LogP contribution in [-0.4, -0.2) is 8.42 Å². The topological polar surface area (TPSA) is 37.4 Å². The van der Waals surface area contributed by atoms with Crippen LogP contribution in [0.15, 0.2) is 48.5 Å². The fraction of sp³-hybridized carbons (Fsp3) is 0.333. The van der Waals surface area contributed by atoms with Gasteiger partial charge in [0.15, 0.2) is 0 Å². The first-order valence-electron chi connectivity index (χ1n) is 7.99. The third-order valence-electron chi connectivity index (χ3n) is 3.91. The van der Waals surface area contributed by atoms with E-state index in [1.54, 1.807) is 2.07 Å². The van der Waals surface area contributed by atoms with Gasteiger partial charge in [-0.15, -0.1) is 0 Å². The molecule has 0 saturated heterocycles. The molecule has 0 saturated carbocycles. The Balaban J connectivity index is 2.29. The molecule has 120 valence electrons. The molecule has 2 rings (SSSR count). The van der Waals surface area contributed by atoms with E-state index in [2.05, 4.69) is 24.3 Å². The molecule has 0 heterocycles. The normalized spacial score (nSPS) is 11.3. The van der Waals surface area contributed by atoms with Crippen molar-refractivity contribution in [2.75, 3.05) is 2.07 Å². The average Bonchev–Trinajstić information content (AvgIpc) is 2.49. The van der Waals surface area contributed by atoms with Crippen molar-refractivity contribution < 1.29 is 33.3 Å². The zero-order chi connectivity index (χ0) is 17.0. The molecular weight excluding hydrogens is 495 g/mol. The first-order chi connectivity index (χ1) is 10.8. The van der Waals surface area contributed by atoms with Gasteiger partial charge in [-0.1, -0.05) is 0 Å². The van der Waals surface area contributed by atoms with E-state index in [0.717, 1.165) is 16.8 Å². The number of benzene rings is 2. The molecule has 0 aromatic heterocycles. The molecule has 23 heavy (non-hydrogen) atoms. The Morgan fingerprint density at radius 3 is 2.30 bits per heavy atom. The van der Waals surface area contributed by atoms with E-state index in [4.69, 9.17) is 0 Å². The summed E-state index contributed by atoms with van der Waals surface area (Å²) in [6.45, 7) is 6.25. The number of rotatable bonds is 6. The van der Waals surface area contributed by atoms with Gasteiger partial charge >= 0.3 is 153 Å². The second-order valence-electron chi connectivity index (χ2n) is 6.16. The Morgan fingerprint density at radius 2 is 1.74 bits per heavy atom. The van der Waals surface area contributed by atoms with E-state index in [-0.39, 0.29) is 5.75 Å². The van der Waals surface area contributed by atoms with Crippen molar-refractivity contribution in [3.8, 4) is 0 Å². The second-order valence-corrected chi connectivity index (χ2v) is 14.7. The Bertz CT molecular complexity index is 755. The molecule has 0 aliphatic heterocycles. The van der Waals surface area contributed by atoms with Crippen molar-refractivity contribution in [1.29, 1.82) is 0 Å². The fourth-order valence-corrected chi connectivity index (χ4v) is 12.1. The number of hydrogen-bond donors (Lipinski definition) is 0. The zero-order valence-electron chi connectivity index (χ0n) is 14.3. The van der Waals surface area contributed by atoms with Gasteiger partial charge in [0.2, 0.25) is 0 Å². The maximum absolute atomic E-state index is 12.9. The number of aryl methyl sites for hydroxylation is 1. The van der Waals surface area contributed by atoms with Crippen molar-refractivity contribution in [3.05, 3.63) is 65.2 Å². The summed E-state index contributed by atoms with van der Waals surface area (Å²) in [6, 6.07) is 15.7. The van der Waals surface area contributed by atoms with Crippen LogP contribution in [0.1, 0.15) is 36.5 Å². The van der Waals surface area contributed by atoms with Gasteiger partial charge in [0.05, 0.1) is 0 Å². The second kappa shape index (κ2) is 7.80. The van der Waals surface area contributed by atoms with Crippen LogP contribution in [0, 0.1) is 6.92 Å². The first-order valence-corrected chi connectivity index (χ1v) is 17.6. The van der Waals surface area contributed by atoms with Crippen molar-refractivity contribution in [3.63, 3.8) is 0 Å². The Morgan fingerprint density at radius 1 is 1.09 bits per heavy atom. The molecular formula is C18H23HgNO2S. The zero-order valence-corrected chi connectivity index (χ0v) is 20.6. The van der Waals surface area contributed by atoms with E-state index >= 15 is 0 Å². The maximum atomic E-state index is 12.9. The number of sulfonamides is 1. The van der Waals surface area contributed by atoms with E-state index < -0.39 is 34.9 Å². The summed E-state index contributed by atoms with van der Waals surface area (Å²) in [5.74, 6) is 0.479. The van der Waals surface area contributed by atoms with Crippen LogP contribution in [-0.2, 0) is 40.7 Å². The van der Waals surface area contributed by atoms with E-state index in [1.165, 1.54) is 5.56 Å². The molecule has 0 bridgehead atoms. The average molecular weight is 518 g/mol.